The zero-order chi connectivity index (χ0) is 12.3. The molecule has 0 aliphatic carbocycles. The van der Waals surface area contributed by atoms with E-state index in [1.54, 1.807) is 0 Å². The largest absolute Gasteiger partial charge is 0.486 e. The van der Waals surface area contributed by atoms with E-state index in [1.165, 1.54) is 0 Å². The molecule has 0 radical (unpaired) electrons. The predicted molar refractivity (Wildman–Crippen MR) is 69.0 cm³/mol. The minimum Gasteiger partial charge on any atom is -0.486 e. The Kier molecular flexibility index (Phi) is 3.74. The van der Waals surface area contributed by atoms with Crippen LogP contribution in [0, 0.1) is 0 Å². The van der Waals surface area contributed by atoms with Crippen molar-refractivity contribution in [3.63, 3.8) is 0 Å². The zero-order valence-corrected chi connectivity index (χ0v) is 10.5. The van der Waals surface area contributed by atoms with Crippen molar-refractivity contribution >= 4 is 5.69 Å². The van der Waals surface area contributed by atoms with E-state index in [1.807, 2.05) is 12.1 Å². The second-order valence-corrected chi connectivity index (χ2v) is 4.20. The van der Waals surface area contributed by atoms with Crippen molar-refractivity contribution in [2.45, 2.75) is 19.9 Å². The Morgan fingerprint density at radius 3 is 2.65 bits per heavy atom. The van der Waals surface area contributed by atoms with Gasteiger partial charge in [-0.25, -0.2) is 0 Å². The first-order valence-corrected chi connectivity index (χ1v) is 6.12. The molecule has 0 fully saturated rings. The van der Waals surface area contributed by atoms with Crippen molar-refractivity contribution in [2.24, 2.45) is 5.73 Å². The number of rotatable bonds is 4. The number of ether oxygens (including phenoxy) is 2. The molecule has 0 saturated heterocycles. The van der Waals surface area contributed by atoms with Gasteiger partial charge in [-0.15, -0.1) is 0 Å². The minimum atomic E-state index is 0.322. The fourth-order valence-electron chi connectivity index (χ4n) is 2.09. The topological polar surface area (TPSA) is 47.7 Å². The molecular formula is C13H20N2O2. The molecule has 0 amide bonds. The number of fused-ring (bicyclic) bond motifs is 1. The van der Waals surface area contributed by atoms with Gasteiger partial charge in [-0.3, -0.25) is 0 Å². The average Bonchev–Trinajstić information content (AvgIpc) is 2.39. The quantitative estimate of drug-likeness (QED) is 0.863. The maximum atomic E-state index is 5.73. The van der Waals surface area contributed by atoms with Gasteiger partial charge < -0.3 is 20.1 Å². The Bertz CT molecular complexity index is 382. The summed E-state index contributed by atoms with van der Waals surface area (Å²) in [5.41, 5.74) is 6.86. The SMILES string of the molecule is CCN(c1ccc2c(c1)OCCO2)C(C)CN. The Morgan fingerprint density at radius 1 is 1.29 bits per heavy atom. The lowest BCUT2D eigenvalue weighted by Crippen LogP contribution is -2.38. The van der Waals surface area contributed by atoms with Crippen molar-refractivity contribution in [1.82, 2.24) is 0 Å². The van der Waals surface area contributed by atoms with E-state index in [-0.39, 0.29) is 0 Å². The van der Waals surface area contributed by atoms with Gasteiger partial charge in [-0.2, -0.15) is 0 Å². The lowest BCUT2D eigenvalue weighted by molar-refractivity contribution is 0.171. The number of likely N-dealkylation sites (N-methyl/N-ethyl adjacent to an activating group) is 1. The van der Waals surface area contributed by atoms with E-state index in [9.17, 15) is 0 Å². The van der Waals surface area contributed by atoms with E-state index in [0.717, 1.165) is 23.7 Å². The van der Waals surface area contributed by atoms with Crippen LogP contribution in [0.25, 0.3) is 0 Å². The molecule has 4 nitrogen and oxygen atoms in total. The van der Waals surface area contributed by atoms with Gasteiger partial charge in [0, 0.05) is 30.9 Å². The zero-order valence-electron chi connectivity index (χ0n) is 10.5. The summed E-state index contributed by atoms with van der Waals surface area (Å²) in [5, 5.41) is 0. The van der Waals surface area contributed by atoms with E-state index in [4.69, 9.17) is 15.2 Å². The van der Waals surface area contributed by atoms with Crippen molar-refractivity contribution in [2.75, 3.05) is 31.2 Å². The summed E-state index contributed by atoms with van der Waals surface area (Å²) in [6, 6.07) is 6.38. The molecule has 1 aromatic carbocycles. The van der Waals surface area contributed by atoms with E-state index in [2.05, 4.69) is 24.8 Å². The van der Waals surface area contributed by atoms with Gasteiger partial charge in [0.05, 0.1) is 0 Å². The molecule has 1 heterocycles. The summed E-state index contributed by atoms with van der Waals surface area (Å²) in [5.74, 6) is 1.66. The number of nitrogens with zero attached hydrogens (tertiary/aromatic N) is 1. The van der Waals surface area contributed by atoms with Crippen LogP contribution in [0.4, 0.5) is 5.69 Å². The van der Waals surface area contributed by atoms with Crippen LogP contribution in [-0.2, 0) is 0 Å². The second kappa shape index (κ2) is 5.27. The third-order valence-corrected chi connectivity index (χ3v) is 3.07. The van der Waals surface area contributed by atoms with Crippen molar-refractivity contribution in [3.05, 3.63) is 18.2 Å². The first kappa shape index (κ1) is 12.0. The number of benzene rings is 1. The molecule has 1 unspecified atom stereocenters. The molecule has 1 aliphatic heterocycles. The monoisotopic (exact) mass is 236 g/mol. The highest BCUT2D eigenvalue weighted by Gasteiger charge is 2.16. The van der Waals surface area contributed by atoms with Crippen LogP contribution in [0.2, 0.25) is 0 Å². The predicted octanol–water partition coefficient (Wildman–Crippen LogP) is 1.63. The van der Waals surface area contributed by atoms with Crippen LogP contribution in [0.3, 0.4) is 0 Å². The van der Waals surface area contributed by atoms with Gasteiger partial charge in [-0.1, -0.05) is 0 Å². The molecule has 0 aromatic heterocycles. The molecule has 1 atom stereocenters. The van der Waals surface area contributed by atoms with E-state index in [0.29, 0.717) is 25.8 Å². The normalized spacial score (nSPS) is 15.5. The molecule has 0 saturated carbocycles. The Hall–Kier alpha value is -1.42. The highest BCUT2D eigenvalue weighted by molar-refractivity contribution is 5.57. The summed E-state index contributed by atoms with van der Waals surface area (Å²) in [7, 11) is 0. The van der Waals surface area contributed by atoms with Crippen LogP contribution in [0.5, 0.6) is 11.5 Å². The molecule has 1 aromatic rings. The summed E-state index contributed by atoms with van der Waals surface area (Å²) in [6.07, 6.45) is 0. The van der Waals surface area contributed by atoms with Crippen molar-refractivity contribution in [1.29, 1.82) is 0 Å². The number of hydrogen-bond donors (Lipinski definition) is 1. The molecule has 1 aliphatic rings. The third-order valence-electron chi connectivity index (χ3n) is 3.07. The molecule has 0 spiro atoms. The molecule has 2 rings (SSSR count). The molecule has 4 heteroatoms. The summed E-state index contributed by atoms with van der Waals surface area (Å²) < 4.78 is 11.1. The van der Waals surface area contributed by atoms with Crippen LogP contribution in [0.1, 0.15) is 13.8 Å². The van der Waals surface area contributed by atoms with Gasteiger partial charge in [0.1, 0.15) is 13.2 Å². The maximum Gasteiger partial charge on any atom is 0.163 e. The summed E-state index contributed by atoms with van der Waals surface area (Å²) >= 11 is 0. The molecule has 94 valence electrons. The van der Waals surface area contributed by atoms with Gasteiger partial charge in [0.25, 0.3) is 0 Å². The van der Waals surface area contributed by atoms with Gasteiger partial charge >= 0.3 is 0 Å². The first-order chi connectivity index (χ1) is 8.26. The Labute approximate surface area is 102 Å². The summed E-state index contributed by atoms with van der Waals surface area (Å²) in [4.78, 5) is 2.26. The maximum absolute atomic E-state index is 5.73. The average molecular weight is 236 g/mol. The standard InChI is InChI=1S/C13H20N2O2/c1-3-15(10(2)9-14)11-4-5-12-13(8-11)17-7-6-16-12/h4-5,8,10H,3,6-7,9,14H2,1-2H3. The van der Waals surface area contributed by atoms with Crippen LogP contribution >= 0.6 is 0 Å². The third kappa shape index (κ3) is 2.47. The smallest absolute Gasteiger partial charge is 0.163 e. The van der Waals surface area contributed by atoms with Crippen molar-refractivity contribution < 1.29 is 9.47 Å². The fraction of sp³-hybridized carbons (Fsp3) is 0.538. The van der Waals surface area contributed by atoms with Crippen LogP contribution in [0.15, 0.2) is 18.2 Å². The van der Waals surface area contributed by atoms with Crippen molar-refractivity contribution in [3.8, 4) is 11.5 Å². The van der Waals surface area contributed by atoms with Gasteiger partial charge in [0.15, 0.2) is 11.5 Å². The number of nitrogens with two attached hydrogens (primary N) is 1. The minimum absolute atomic E-state index is 0.322. The molecule has 0 bridgehead atoms. The highest BCUT2D eigenvalue weighted by Crippen LogP contribution is 2.34. The van der Waals surface area contributed by atoms with Gasteiger partial charge in [0.2, 0.25) is 0 Å². The van der Waals surface area contributed by atoms with E-state index >= 15 is 0 Å². The lowest BCUT2D eigenvalue weighted by Gasteiger charge is -2.30. The molecule has 17 heavy (non-hydrogen) atoms. The first-order valence-electron chi connectivity index (χ1n) is 6.12. The van der Waals surface area contributed by atoms with E-state index < -0.39 is 0 Å². The Balaban J connectivity index is 2.25. The summed E-state index contributed by atoms with van der Waals surface area (Å²) in [6.45, 7) is 7.07. The van der Waals surface area contributed by atoms with Gasteiger partial charge in [-0.05, 0) is 26.0 Å². The number of anilines is 1. The van der Waals surface area contributed by atoms with Crippen LogP contribution in [-0.4, -0.2) is 32.3 Å². The second-order valence-electron chi connectivity index (χ2n) is 4.20. The fourth-order valence-corrected chi connectivity index (χ4v) is 2.09. The van der Waals surface area contributed by atoms with Crippen LogP contribution < -0.4 is 20.1 Å². The molecular weight excluding hydrogens is 216 g/mol. The highest BCUT2D eigenvalue weighted by atomic mass is 16.6. The lowest BCUT2D eigenvalue weighted by atomic mass is 10.2. The number of hydrogen-bond acceptors (Lipinski definition) is 4. The molecule has 2 N–H and O–H groups in total. The Morgan fingerprint density at radius 2 is 2.00 bits per heavy atom.